The Morgan fingerprint density at radius 3 is 2.56 bits per heavy atom. The summed E-state index contributed by atoms with van der Waals surface area (Å²) < 4.78 is 41.6. The van der Waals surface area contributed by atoms with Crippen LogP contribution in [0.3, 0.4) is 0 Å². The zero-order valence-corrected chi connectivity index (χ0v) is 13.9. The number of fused-ring (bicyclic) bond motifs is 3. The molecule has 140 valence electrons. The quantitative estimate of drug-likeness (QED) is 0.447. The van der Waals surface area contributed by atoms with Crippen LogP contribution in [0.15, 0.2) is 54.6 Å². The second-order valence-corrected chi connectivity index (χ2v) is 6.62. The minimum absolute atomic E-state index is 0.0185. The molecular weight excluding hydrogens is 361 g/mol. The topological polar surface area (TPSA) is 64.4 Å². The van der Waals surface area contributed by atoms with Crippen molar-refractivity contribution in [2.24, 2.45) is 5.92 Å². The molecule has 2 aromatic carbocycles. The zero-order chi connectivity index (χ0) is 19.2. The predicted molar refractivity (Wildman–Crippen MR) is 92.6 cm³/mol. The maximum Gasteiger partial charge on any atom is 0.573 e. The van der Waals surface area contributed by atoms with Crippen LogP contribution >= 0.6 is 0 Å². The normalized spacial score (nSPS) is 23.3. The Hall–Kier alpha value is -3.03. The molecule has 2 aromatic rings. The van der Waals surface area contributed by atoms with Gasteiger partial charge in [-0.2, -0.15) is 0 Å². The number of nitrogens with zero attached hydrogens (tertiary/aromatic N) is 1. The van der Waals surface area contributed by atoms with Crippen molar-refractivity contribution >= 4 is 11.4 Å². The van der Waals surface area contributed by atoms with Crippen LogP contribution in [0.5, 0.6) is 5.75 Å². The average Bonchev–Trinajstić information content (AvgIpc) is 3.10. The Labute approximate surface area is 152 Å². The molecule has 0 unspecified atom stereocenters. The molecule has 0 amide bonds. The van der Waals surface area contributed by atoms with Gasteiger partial charge in [-0.15, -0.1) is 13.2 Å². The van der Waals surface area contributed by atoms with E-state index in [-0.39, 0.29) is 29.3 Å². The largest absolute Gasteiger partial charge is 0.573 e. The molecule has 4 rings (SSSR count). The molecule has 1 heterocycles. The molecule has 0 bridgehead atoms. The number of nitro benzene ring substituents is 1. The minimum atomic E-state index is -4.73. The average molecular weight is 376 g/mol. The summed E-state index contributed by atoms with van der Waals surface area (Å²) in [5.74, 6) is -0.172. The van der Waals surface area contributed by atoms with E-state index in [9.17, 15) is 23.3 Å². The van der Waals surface area contributed by atoms with E-state index in [4.69, 9.17) is 0 Å². The molecule has 3 atom stereocenters. The number of anilines is 1. The van der Waals surface area contributed by atoms with E-state index in [0.717, 1.165) is 23.2 Å². The van der Waals surface area contributed by atoms with Gasteiger partial charge in [0.05, 0.1) is 11.0 Å². The predicted octanol–water partition coefficient (Wildman–Crippen LogP) is 5.32. The van der Waals surface area contributed by atoms with E-state index in [1.54, 1.807) is 18.2 Å². The van der Waals surface area contributed by atoms with Crippen molar-refractivity contribution in [1.82, 2.24) is 0 Å². The van der Waals surface area contributed by atoms with Crippen LogP contribution in [0, 0.1) is 16.0 Å². The number of halogens is 3. The molecule has 0 spiro atoms. The van der Waals surface area contributed by atoms with E-state index < -0.39 is 11.3 Å². The fourth-order valence-electron chi connectivity index (χ4n) is 3.90. The third-order valence-corrected chi connectivity index (χ3v) is 5.03. The lowest BCUT2D eigenvalue weighted by atomic mass is 9.77. The molecule has 0 fully saturated rings. The fourth-order valence-corrected chi connectivity index (χ4v) is 3.90. The molecule has 0 aromatic heterocycles. The van der Waals surface area contributed by atoms with Crippen molar-refractivity contribution in [1.29, 1.82) is 0 Å². The van der Waals surface area contributed by atoms with Crippen molar-refractivity contribution in [2.45, 2.75) is 24.7 Å². The molecule has 0 saturated carbocycles. The Kier molecular flexibility index (Phi) is 4.05. The number of alkyl halides is 3. The van der Waals surface area contributed by atoms with Crippen molar-refractivity contribution in [3.8, 4) is 5.75 Å². The highest BCUT2D eigenvalue weighted by Crippen LogP contribution is 2.50. The lowest BCUT2D eigenvalue weighted by Crippen LogP contribution is -2.29. The molecule has 0 radical (unpaired) electrons. The van der Waals surface area contributed by atoms with E-state index in [1.807, 2.05) is 12.2 Å². The van der Waals surface area contributed by atoms with Gasteiger partial charge in [0.15, 0.2) is 0 Å². The van der Waals surface area contributed by atoms with Crippen molar-refractivity contribution in [3.63, 3.8) is 0 Å². The van der Waals surface area contributed by atoms with Gasteiger partial charge in [-0.1, -0.05) is 24.3 Å². The maximum atomic E-state index is 12.5. The number of hydrogen-bond donors (Lipinski definition) is 1. The van der Waals surface area contributed by atoms with Crippen molar-refractivity contribution in [3.05, 3.63) is 75.9 Å². The summed E-state index contributed by atoms with van der Waals surface area (Å²) in [6, 6.07) is 10.6. The first-order valence-corrected chi connectivity index (χ1v) is 8.39. The number of benzene rings is 2. The van der Waals surface area contributed by atoms with Crippen LogP contribution in [0.25, 0.3) is 0 Å². The third kappa shape index (κ3) is 3.34. The second-order valence-electron chi connectivity index (χ2n) is 6.62. The molecule has 1 aliphatic carbocycles. The summed E-state index contributed by atoms with van der Waals surface area (Å²) >= 11 is 0. The fraction of sp³-hybridized carbons (Fsp3) is 0.263. The van der Waals surface area contributed by atoms with E-state index in [2.05, 4.69) is 10.1 Å². The monoisotopic (exact) mass is 376 g/mol. The molecule has 2 aliphatic rings. The molecule has 27 heavy (non-hydrogen) atoms. The first-order chi connectivity index (χ1) is 12.8. The van der Waals surface area contributed by atoms with Crippen LogP contribution < -0.4 is 10.1 Å². The highest BCUT2D eigenvalue weighted by molar-refractivity contribution is 5.62. The standard InChI is InChI=1S/C19H15F3N2O3/c20-19(21,22)27-13-8-9-17-16(10-13)14-2-1-3-15(14)18(23-17)11-4-6-12(7-5-11)24(25)26/h1-2,4-10,14-15,18,23H,3H2/t14-,15-,18-/m0/s1. The Morgan fingerprint density at radius 2 is 1.89 bits per heavy atom. The number of hydrogen-bond acceptors (Lipinski definition) is 4. The molecular formula is C19H15F3N2O3. The minimum Gasteiger partial charge on any atom is -0.406 e. The number of nitro groups is 1. The Balaban J connectivity index is 1.67. The highest BCUT2D eigenvalue weighted by atomic mass is 19.4. The molecule has 1 aliphatic heterocycles. The van der Waals surface area contributed by atoms with Crippen LogP contribution in [-0.2, 0) is 0 Å². The number of nitrogens with one attached hydrogen (secondary N) is 1. The second kappa shape index (κ2) is 6.29. The van der Waals surface area contributed by atoms with Crippen molar-refractivity contribution < 1.29 is 22.8 Å². The van der Waals surface area contributed by atoms with Gasteiger partial charge in [-0.25, -0.2) is 0 Å². The summed E-state index contributed by atoms with van der Waals surface area (Å²) in [5.41, 5.74) is 2.42. The lowest BCUT2D eigenvalue weighted by molar-refractivity contribution is -0.384. The summed E-state index contributed by atoms with van der Waals surface area (Å²) in [6.07, 6.45) is 0.0492. The number of non-ortho nitro benzene ring substituents is 1. The van der Waals surface area contributed by atoms with Gasteiger partial charge in [0.2, 0.25) is 0 Å². The molecule has 8 heteroatoms. The van der Waals surface area contributed by atoms with Gasteiger partial charge in [0, 0.05) is 23.7 Å². The maximum absolute atomic E-state index is 12.5. The molecule has 0 saturated heterocycles. The first kappa shape index (κ1) is 17.4. The van der Waals surface area contributed by atoms with Crippen LogP contribution in [0.1, 0.15) is 29.5 Å². The van der Waals surface area contributed by atoms with E-state index in [1.165, 1.54) is 24.3 Å². The summed E-state index contributed by atoms with van der Waals surface area (Å²) in [7, 11) is 0. The van der Waals surface area contributed by atoms with E-state index in [0.29, 0.717) is 0 Å². The van der Waals surface area contributed by atoms with Crippen LogP contribution in [-0.4, -0.2) is 11.3 Å². The van der Waals surface area contributed by atoms with Gasteiger partial charge in [-0.05, 0) is 41.7 Å². The number of rotatable bonds is 3. The molecule has 5 nitrogen and oxygen atoms in total. The SMILES string of the molecule is O=[N+]([O-])c1ccc([C@@H]2Nc3ccc(OC(F)(F)F)cc3[C@H]3C=CC[C@@H]32)cc1. The summed E-state index contributed by atoms with van der Waals surface area (Å²) in [5, 5.41) is 14.2. The van der Waals surface area contributed by atoms with Gasteiger partial charge < -0.3 is 10.1 Å². The van der Waals surface area contributed by atoms with Crippen LogP contribution in [0.4, 0.5) is 24.5 Å². The van der Waals surface area contributed by atoms with Crippen LogP contribution in [0.2, 0.25) is 0 Å². The van der Waals surface area contributed by atoms with Crippen molar-refractivity contribution in [2.75, 3.05) is 5.32 Å². The van der Waals surface area contributed by atoms with Gasteiger partial charge in [-0.3, -0.25) is 10.1 Å². The third-order valence-electron chi connectivity index (χ3n) is 5.03. The Bertz CT molecular complexity index is 909. The van der Waals surface area contributed by atoms with Gasteiger partial charge in [0.1, 0.15) is 5.75 Å². The first-order valence-electron chi connectivity index (χ1n) is 8.39. The lowest BCUT2D eigenvalue weighted by Gasteiger charge is -2.37. The Morgan fingerprint density at radius 1 is 1.15 bits per heavy atom. The number of allylic oxidation sites excluding steroid dienone is 2. The molecule has 1 N–H and O–H groups in total. The zero-order valence-electron chi connectivity index (χ0n) is 13.9. The van der Waals surface area contributed by atoms with Gasteiger partial charge >= 0.3 is 6.36 Å². The number of ether oxygens (including phenoxy) is 1. The summed E-state index contributed by atoms with van der Waals surface area (Å²) in [4.78, 5) is 10.4. The highest BCUT2D eigenvalue weighted by Gasteiger charge is 2.39. The smallest absolute Gasteiger partial charge is 0.406 e. The summed E-state index contributed by atoms with van der Waals surface area (Å²) in [6.45, 7) is 0. The van der Waals surface area contributed by atoms with Gasteiger partial charge in [0.25, 0.3) is 5.69 Å². The van der Waals surface area contributed by atoms with E-state index >= 15 is 0 Å².